The maximum absolute atomic E-state index is 14.2. The minimum atomic E-state index is -9.64. The van der Waals surface area contributed by atoms with Crippen molar-refractivity contribution in [2.45, 2.75) is 90.5 Å². The quantitative estimate of drug-likeness (QED) is 0.141. The van der Waals surface area contributed by atoms with E-state index in [2.05, 4.69) is 0 Å². The Morgan fingerprint density at radius 3 is 0.638 bits per heavy atom. The van der Waals surface area contributed by atoms with Crippen LogP contribution in [-0.4, -0.2) is 95.4 Å². The monoisotopic (exact) mass is 785 g/mol. The van der Waals surface area contributed by atoms with Crippen LogP contribution in [0.1, 0.15) is 0 Å². The molecule has 0 aromatic carbocycles. The van der Waals surface area contributed by atoms with Gasteiger partial charge in [0.15, 0.2) is 0 Å². The summed E-state index contributed by atoms with van der Waals surface area (Å²) >= 11 is 0. The van der Waals surface area contributed by atoms with Gasteiger partial charge in [-0.3, -0.25) is 0 Å². The Labute approximate surface area is 233 Å². The van der Waals surface area contributed by atoms with Crippen molar-refractivity contribution in [1.29, 1.82) is 0 Å². The normalized spacial score (nSPS) is 18.1. The zero-order valence-electron chi connectivity index (χ0n) is 19.8. The lowest BCUT2D eigenvalue weighted by Crippen LogP contribution is -2.77. The van der Waals surface area contributed by atoms with Gasteiger partial charge in [0, 0.05) is 0 Å². The zero-order chi connectivity index (χ0) is 39.2. The van der Waals surface area contributed by atoms with Crippen LogP contribution in [0.3, 0.4) is 0 Å². The lowest BCUT2D eigenvalue weighted by molar-refractivity contribution is -0.471. The molecule has 0 bridgehead atoms. The molecule has 47 heavy (non-hydrogen) atoms. The predicted molar refractivity (Wildman–Crippen MR) is 79.3 cm³/mol. The maximum Gasteiger partial charge on any atom is 0.460 e. The van der Waals surface area contributed by atoms with Gasteiger partial charge in [0.05, 0.1) is 0 Å². The molecule has 0 saturated heterocycles. The highest BCUT2D eigenvalue weighted by Gasteiger charge is 2.93. The molecule has 0 saturated carbocycles. The van der Waals surface area contributed by atoms with Crippen LogP contribution in [0.25, 0.3) is 0 Å². The summed E-state index contributed by atoms with van der Waals surface area (Å²) in [5.41, 5.74) is 0. The Bertz CT molecular complexity index is 1050. The topological polar surface area (TPSA) is 3.24 Å². The molecule has 32 heteroatoms. The van der Waals surface area contributed by atoms with Crippen LogP contribution in [0.15, 0.2) is 0 Å². The second kappa shape index (κ2) is 11.2. The SMILES string of the molecule is FC(N(C(F)C(F)(F)C(F)(F)C(F)(F)C(F)(F)F)C(F)(F)C(F)(F)C(F)(F)C(F)(F)C(F)(F)F)C(F)(F)C(F)(F)C(F)(F)C(F)(F)F. The minimum absolute atomic E-state index is 5.39. The third-order valence-electron chi connectivity index (χ3n) is 5.27. The molecule has 0 amide bonds. The van der Waals surface area contributed by atoms with Gasteiger partial charge in [0.25, 0.3) is 0 Å². The molecule has 284 valence electrons. The molecular weight excluding hydrogens is 783 g/mol. The van der Waals surface area contributed by atoms with E-state index in [9.17, 15) is 136 Å². The Morgan fingerprint density at radius 2 is 0.447 bits per heavy atom. The molecular formula is C15H2F31N. The molecule has 1 nitrogen and oxygen atoms in total. The lowest BCUT2D eigenvalue weighted by atomic mass is 9.96. The van der Waals surface area contributed by atoms with Crippen LogP contribution >= 0.6 is 0 Å². The zero-order valence-corrected chi connectivity index (χ0v) is 19.8. The van der Waals surface area contributed by atoms with E-state index in [-0.39, 0.29) is 0 Å². The van der Waals surface area contributed by atoms with Gasteiger partial charge in [-0.1, -0.05) is 0 Å². The van der Waals surface area contributed by atoms with E-state index in [4.69, 9.17) is 0 Å². The number of rotatable bonds is 12. The summed E-state index contributed by atoms with van der Waals surface area (Å²) in [5, 5.41) is 0. The highest BCUT2D eigenvalue weighted by molar-refractivity contribution is 5.12. The Morgan fingerprint density at radius 1 is 0.255 bits per heavy atom. The van der Waals surface area contributed by atoms with Crippen LogP contribution in [0.4, 0.5) is 136 Å². The summed E-state index contributed by atoms with van der Waals surface area (Å²) in [4.78, 5) is -5.39. The number of hydrogen-bond donors (Lipinski definition) is 0. The lowest BCUT2D eigenvalue weighted by Gasteiger charge is -2.47. The van der Waals surface area contributed by atoms with Crippen molar-refractivity contribution in [1.82, 2.24) is 4.90 Å². The molecule has 0 aliphatic carbocycles. The molecule has 0 aliphatic heterocycles. The van der Waals surface area contributed by atoms with Gasteiger partial charge in [-0.2, -0.15) is 132 Å². The van der Waals surface area contributed by atoms with Gasteiger partial charge >= 0.3 is 77.9 Å². The van der Waals surface area contributed by atoms with Crippen molar-refractivity contribution in [2.24, 2.45) is 0 Å². The highest BCUT2D eigenvalue weighted by atomic mass is 19.5. The first-order valence-corrected chi connectivity index (χ1v) is 9.73. The first-order chi connectivity index (χ1) is 19.7. The molecule has 0 radical (unpaired) electrons. The number of nitrogens with zero attached hydrogens (tertiary/aromatic N) is 1. The number of halogens is 31. The molecule has 0 rings (SSSR count). The maximum atomic E-state index is 14.2. The van der Waals surface area contributed by atoms with Crippen molar-refractivity contribution in [3.8, 4) is 0 Å². The molecule has 0 aromatic rings. The molecule has 0 spiro atoms. The number of hydrogen-bond acceptors (Lipinski definition) is 1. The van der Waals surface area contributed by atoms with Crippen molar-refractivity contribution in [3.63, 3.8) is 0 Å². The van der Waals surface area contributed by atoms with Gasteiger partial charge in [-0.25, -0.2) is 8.78 Å². The molecule has 0 N–H and O–H groups in total. The van der Waals surface area contributed by atoms with Crippen molar-refractivity contribution in [2.75, 3.05) is 0 Å². The molecule has 0 heterocycles. The van der Waals surface area contributed by atoms with Gasteiger partial charge < -0.3 is 0 Å². The molecule has 0 fully saturated rings. The third-order valence-corrected chi connectivity index (χ3v) is 5.27. The average Bonchev–Trinajstić information content (AvgIpc) is 2.80. The fraction of sp³-hybridized carbons (Fsp3) is 1.00. The summed E-state index contributed by atoms with van der Waals surface area (Å²) in [6.45, 7) is 0. The van der Waals surface area contributed by atoms with Crippen LogP contribution in [-0.2, 0) is 0 Å². The standard InChI is InChI=1S/C15H2F31N/c16-1(3(18,19)5(22,23)8(28,29)12(36,37)38)47(2(17)4(20,21)6(24,25)9(30,31)13(39,40)41)15(45,46)11(34,35)7(26,27)10(32,33)14(42,43)44/h1-2H. The van der Waals surface area contributed by atoms with Gasteiger partial charge in [0.1, 0.15) is 0 Å². The van der Waals surface area contributed by atoms with Crippen LogP contribution in [0, 0.1) is 0 Å². The van der Waals surface area contributed by atoms with Crippen molar-refractivity contribution >= 4 is 0 Å². The van der Waals surface area contributed by atoms with Gasteiger partial charge in [0.2, 0.25) is 12.6 Å². The Hall–Kier alpha value is -2.21. The fourth-order valence-corrected chi connectivity index (χ4v) is 2.55. The van der Waals surface area contributed by atoms with E-state index in [1.807, 2.05) is 0 Å². The second-order valence-electron chi connectivity index (χ2n) is 8.38. The van der Waals surface area contributed by atoms with E-state index in [1.165, 1.54) is 0 Å². The van der Waals surface area contributed by atoms with Crippen molar-refractivity contribution in [3.05, 3.63) is 0 Å². The molecule has 0 aliphatic rings. The molecule has 0 aromatic heterocycles. The summed E-state index contributed by atoms with van der Waals surface area (Å²) in [7, 11) is 0. The van der Waals surface area contributed by atoms with Crippen LogP contribution < -0.4 is 0 Å². The van der Waals surface area contributed by atoms with Crippen molar-refractivity contribution < 1.29 is 136 Å². The van der Waals surface area contributed by atoms with Crippen LogP contribution in [0.2, 0.25) is 0 Å². The molecule has 2 unspecified atom stereocenters. The predicted octanol–water partition coefficient (Wildman–Crippen LogP) is 9.88. The average molecular weight is 785 g/mol. The smallest absolute Gasteiger partial charge is 0.223 e. The number of alkyl halides is 31. The first-order valence-electron chi connectivity index (χ1n) is 9.73. The van der Waals surface area contributed by atoms with Crippen LogP contribution in [0.5, 0.6) is 0 Å². The van der Waals surface area contributed by atoms with Gasteiger partial charge in [-0.15, -0.1) is 0 Å². The van der Waals surface area contributed by atoms with E-state index in [0.29, 0.717) is 0 Å². The van der Waals surface area contributed by atoms with E-state index < -0.39 is 95.4 Å². The molecule has 2 atom stereocenters. The van der Waals surface area contributed by atoms with E-state index in [0.717, 1.165) is 0 Å². The summed E-state index contributed by atoms with van der Waals surface area (Å²) < 4.78 is 407. The fourth-order valence-electron chi connectivity index (χ4n) is 2.55. The summed E-state index contributed by atoms with van der Waals surface area (Å²) in [6, 6.07) is -9.63. The minimum Gasteiger partial charge on any atom is -0.223 e. The first kappa shape index (κ1) is 44.8. The Balaban J connectivity index is 8.22. The Kier molecular flexibility index (Phi) is 10.6. The third kappa shape index (κ3) is 5.91. The summed E-state index contributed by atoms with van der Waals surface area (Å²) in [6.07, 6.45) is -41.2. The van der Waals surface area contributed by atoms with E-state index in [1.54, 1.807) is 0 Å². The van der Waals surface area contributed by atoms with E-state index >= 15 is 0 Å². The largest absolute Gasteiger partial charge is 0.460 e. The highest BCUT2D eigenvalue weighted by Crippen LogP contribution is 2.63. The van der Waals surface area contributed by atoms with Gasteiger partial charge in [-0.05, 0) is 0 Å². The second-order valence-corrected chi connectivity index (χ2v) is 8.38. The summed E-state index contributed by atoms with van der Waals surface area (Å²) in [5.74, 6) is -82.2.